The summed E-state index contributed by atoms with van der Waals surface area (Å²) in [4.78, 5) is 26.9. The van der Waals surface area contributed by atoms with Crippen LogP contribution in [0.2, 0.25) is 8.87 Å². The minimum absolute atomic E-state index is 0.128. The standard InChI is InChI=1S/2C18H34O3.2C8H17.Sn/c2*1-2-3-4-11-14-17(19)15-12-9-7-5-6-8-10-13-16-18(20)21;2*1-3-5-7-8-6-4-2;/h2*9,12,17,19H,2-8,10-11,13-16H2,1H3,(H,20,21);2*1,3-8H2,2H3;/q;;;;+2/p-2/b2*12-9+;;;. The molecule has 348 valence electrons. The molecule has 0 fully saturated rings. The molecule has 0 aliphatic rings. The first kappa shape index (κ1) is 58.1. The molecule has 0 rings (SSSR count). The van der Waals surface area contributed by atoms with Gasteiger partial charge < -0.3 is 10.2 Å². The van der Waals surface area contributed by atoms with Crippen molar-refractivity contribution in [3.63, 3.8) is 0 Å². The van der Waals surface area contributed by atoms with Gasteiger partial charge in [0, 0.05) is 0 Å². The molecular formula is C52H100O6Sn. The molecule has 0 radical (unpaired) electrons. The summed E-state index contributed by atoms with van der Waals surface area (Å²) in [5.41, 5.74) is 0. The third-order valence-corrected chi connectivity index (χ3v) is 21.6. The molecule has 2 N–H and O–H groups in total. The third kappa shape index (κ3) is 40.9. The van der Waals surface area contributed by atoms with Crippen LogP contribution in [-0.4, -0.2) is 53.6 Å². The number of carbonyl (C=O) groups excluding carboxylic acids is 2. The summed E-state index contributed by atoms with van der Waals surface area (Å²) < 4.78 is 14.6. The van der Waals surface area contributed by atoms with Crippen molar-refractivity contribution in [2.24, 2.45) is 0 Å². The molecule has 0 aromatic carbocycles. The molecule has 0 bridgehead atoms. The zero-order chi connectivity index (χ0) is 43.3. The molecule has 0 heterocycles. The number of hydrogen-bond acceptors (Lipinski definition) is 6. The molecule has 0 aromatic heterocycles. The molecule has 0 saturated carbocycles. The molecule has 0 aromatic rings. The summed E-state index contributed by atoms with van der Waals surface area (Å²) in [6, 6.07) is 0. The van der Waals surface area contributed by atoms with Crippen molar-refractivity contribution >= 4 is 31.1 Å². The van der Waals surface area contributed by atoms with E-state index in [2.05, 4.69) is 52.0 Å². The topological polar surface area (TPSA) is 93.1 Å². The first-order valence-corrected chi connectivity index (χ1v) is 32.3. The van der Waals surface area contributed by atoms with Gasteiger partial charge in [0.1, 0.15) is 0 Å². The SMILES string of the molecule is CCCCCCC[CH2][Sn]([CH2]CCCCCCC)([O]C(=O)CCCCCCC/C=C/CC(O)CCCCCC)[O]C(=O)CCCCCCC/C=C/CC(O)CCCCCC. The Labute approximate surface area is 372 Å². The van der Waals surface area contributed by atoms with E-state index >= 15 is 0 Å². The maximum atomic E-state index is 13.5. The van der Waals surface area contributed by atoms with Crippen LogP contribution in [0.4, 0.5) is 0 Å². The number of allylic oxidation sites excluding steroid dienone is 2. The summed E-state index contributed by atoms with van der Waals surface area (Å²) in [7, 11) is 0. The quantitative estimate of drug-likeness (QED) is 0.0359. The van der Waals surface area contributed by atoms with Crippen LogP contribution in [0.3, 0.4) is 0 Å². The molecule has 6 nitrogen and oxygen atoms in total. The monoisotopic (exact) mass is 941 g/mol. The number of aliphatic hydroxyl groups is 2. The number of aliphatic hydroxyl groups excluding tert-OH is 2. The zero-order valence-corrected chi connectivity index (χ0v) is 42.6. The summed E-state index contributed by atoms with van der Waals surface area (Å²) >= 11 is -4.01. The molecule has 59 heavy (non-hydrogen) atoms. The average Bonchev–Trinajstić information content (AvgIpc) is 3.22. The van der Waals surface area contributed by atoms with Crippen LogP contribution in [0.25, 0.3) is 0 Å². The van der Waals surface area contributed by atoms with Gasteiger partial charge in [-0.1, -0.05) is 65.2 Å². The molecule has 0 aliphatic heterocycles. The molecular weight excluding hydrogens is 839 g/mol. The summed E-state index contributed by atoms with van der Waals surface area (Å²) in [5.74, 6) is -0.255. The van der Waals surface area contributed by atoms with Crippen molar-refractivity contribution in [3.8, 4) is 0 Å². The van der Waals surface area contributed by atoms with Crippen molar-refractivity contribution in [1.29, 1.82) is 0 Å². The number of carbonyl (C=O) groups is 2. The second kappa shape index (κ2) is 45.2. The van der Waals surface area contributed by atoms with Gasteiger partial charge in [-0.05, 0) is 12.8 Å². The minimum atomic E-state index is -4.01. The van der Waals surface area contributed by atoms with E-state index in [0.717, 1.165) is 150 Å². The van der Waals surface area contributed by atoms with Gasteiger partial charge >= 0.3 is 274 Å². The zero-order valence-electron chi connectivity index (χ0n) is 39.8. The predicted molar refractivity (Wildman–Crippen MR) is 256 cm³/mol. The fourth-order valence-corrected chi connectivity index (χ4v) is 17.4. The Kier molecular flexibility index (Phi) is 44.5. The molecule has 0 amide bonds. The second-order valence-corrected chi connectivity index (χ2v) is 27.1. The van der Waals surface area contributed by atoms with Crippen LogP contribution >= 0.6 is 0 Å². The van der Waals surface area contributed by atoms with Gasteiger partial charge in [0.25, 0.3) is 0 Å². The normalized spacial score (nSPS) is 13.1. The smallest absolute Gasteiger partial charge is 0.393 e. The van der Waals surface area contributed by atoms with Crippen molar-refractivity contribution in [1.82, 2.24) is 0 Å². The fraction of sp³-hybridized carbons (Fsp3) is 0.885. The Hall–Kier alpha value is -0.861. The first-order valence-electron chi connectivity index (χ1n) is 25.9. The molecule has 0 saturated heterocycles. The van der Waals surface area contributed by atoms with Gasteiger partial charge in [-0.25, -0.2) is 0 Å². The van der Waals surface area contributed by atoms with E-state index in [1.54, 1.807) is 0 Å². The Morgan fingerprint density at radius 1 is 0.407 bits per heavy atom. The molecule has 0 aliphatic carbocycles. The Morgan fingerprint density at radius 3 is 1.08 bits per heavy atom. The average molecular weight is 940 g/mol. The Morgan fingerprint density at radius 2 is 0.712 bits per heavy atom. The summed E-state index contributed by atoms with van der Waals surface area (Å²) in [6.45, 7) is 8.92. The first-order chi connectivity index (χ1) is 28.8. The third-order valence-electron chi connectivity index (χ3n) is 11.9. The van der Waals surface area contributed by atoms with Crippen molar-refractivity contribution in [3.05, 3.63) is 24.3 Å². The summed E-state index contributed by atoms with van der Waals surface area (Å²) in [6.07, 6.45) is 48.9. The Balaban J connectivity index is 4.92. The van der Waals surface area contributed by atoms with Gasteiger partial charge in [-0.3, -0.25) is 0 Å². The Bertz CT molecular complexity index is 891. The van der Waals surface area contributed by atoms with Crippen LogP contribution in [0.5, 0.6) is 0 Å². The van der Waals surface area contributed by atoms with Crippen molar-refractivity contribution in [2.45, 2.75) is 293 Å². The van der Waals surface area contributed by atoms with Crippen molar-refractivity contribution < 1.29 is 26.0 Å². The summed E-state index contributed by atoms with van der Waals surface area (Å²) in [5, 5.41) is 20.3. The van der Waals surface area contributed by atoms with Gasteiger partial charge in [-0.15, -0.1) is 0 Å². The van der Waals surface area contributed by atoms with Gasteiger partial charge in [0.15, 0.2) is 0 Å². The molecule has 2 atom stereocenters. The van der Waals surface area contributed by atoms with E-state index in [1.165, 1.54) is 89.9 Å². The van der Waals surface area contributed by atoms with Crippen LogP contribution in [0.15, 0.2) is 24.3 Å². The number of rotatable bonds is 46. The van der Waals surface area contributed by atoms with E-state index in [4.69, 9.17) is 6.15 Å². The van der Waals surface area contributed by atoms with Gasteiger partial charge in [0.05, 0.1) is 12.2 Å². The van der Waals surface area contributed by atoms with Gasteiger partial charge in [0.2, 0.25) is 0 Å². The predicted octanol–water partition coefficient (Wildman–Crippen LogP) is 16.3. The fourth-order valence-electron chi connectivity index (χ4n) is 7.93. The minimum Gasteiger partial charge on any atom is -0.393 e. The maximum absolute atomic E-state index is 13.5. The van der Waals surface area contributed by atoms with E-state index in [1.807, 2.05) is 0 Å². The second-order valence-electron chi connectivity index (χ2n) is 17.9. The molecule has 2 unspecified atom stereocenters. The molecule has 7 heteroatoms. The van der Waals surface area contributed by atoms with Gasteiger partial charge in [-0.2, -0.15) is 0 Å². The molecule has 0 spiro atoms. The van der Waals surface area contributed by atoms with E-state index < -0.39 is 19.2 Å². The van der Waals surface area contributed by atoms with Crippen LogP contribution < -0.4 is 0 Å². The van der Waals surface area contributed by atoms with Crippen LogP contribution in [0, 0.1) is 0 Å². The van der Waals surface area contributed by atoms with Crippen LogP contribution in [-0.2, 0) is 15.7 Å². The van der Waals surface area contributed by atoms with Crippen molar-refractivity contribution in [2.75, 3.05) is 0 Å². The number of hydrogen-bond donors (Lipinski definition) is 2. The van der Waals surface area contributed by atoms with Crippen LogP contribution in [0.1, 0.15) is 272 Å². The number of unbranched alkanes of at least 4 members (excludes halogenated alkanes) is 26. The van der Waals surface area contributed by atoms with E-state index in [0.29, 0.717) is 12.8 Å². The van der Waals surface area contributed by atoms with E-state index in [9.17, 15) is 19.8 Å². The van der Waals surface area contributed by atoms with E-state index in [-0.39, 0.29) is 24.1 Å².